The fourth-order valence-corrected chi connectivity index (χ4v) is 3.66. The molecule has 114 valence electrons. The fraction of sp³-hybridized carbons (Fsp3) is 0.105. The van der Waals surface area contributed by atoms with Crippen molar-refractivity contribution in [1.29, 1.82) is 0 Å². The second-order valence-electron chi connectivity index (χ2n) is 5.34. The highest BCUT2D eigenvalue weighted by Gasteiger charge is 2.15. The van der Waals surface area contributed by atoms with Gasteiger partial charge in [0.2, 0.25) is 5.91 Å². The fourth-order valence-electron chi connectivity index (χ4n) is 2.89. The van der Waals surface area contributed by atoms with Crippen molar-refractivity contribution < 1.29 is 9.21 Å². The van der Waals surface area contributed by atoms with Crippen LogP contribution in [0.5, 0.6) is 0 Å². The first kappa shape index (κ1) is 14.2. The number of para-hydroxylation sites is 2. The summed E-state index contributed by atoms with van der Waals surface area (Å²) in [5, 5.41) is 2.24. The average molecular weight is 321 g/mol. The number of hydrogen-bond donors (Lipinski definition) is 0. The van der Waals surface area contributed by atoms with E-state index in [1.807, 2.05) is 53.1 Å². The molecule has 0 amide bonds. The summed E-state index contributed by atoms with van der Waals surface area (Å²) in [6.07, 6.45) is 1.66. The van der Waals surface area contributed by atoms with Crippen LogP contribution in [0.3, 0.4) is 0 Å². The molecule has 4 rings (SSSR count). The van der Waals surface area contributed by atoms with Crippen molar-refractivity contribution in [3.8, 4) is 0 Å². The van der Waals surface area contributed by atoms with Gasteiger partial charge in [-0.25, -0.2) is 0 Å². The first-order valence-electron chi connectivity index (χ1n) is 7.46. The monoisotopic (exact) mass is 321 g/mol. The number of carbonyl (C=O) groups is 1. The number of carbonyl (C=O) groups excluding carboxylic acids is 1. The zero-order valence-corrected chi connectivity index (χ0v) is 13.3. The molecule has 0 N–H and O–H groups in total. The maximum atomic E-state index is 12.8. The molecule has 0 spiro atoms. The third-order valence-corrected chi connectivity index (χ3v) is 4.82. The lowest BCUT2D eigenvalue weighted by Gasteiger charge is -2.05. The smallest absolute Gasteiger partial charge is 0.241 e. The van der Waals surface area contributed by atoms with Crippen LogP contribution in [0.15, 0.2) is 71.3 Å². The van der Waals surface area contributed by atoms with Gasteiger partial charge in [0.25, 0.3) is 0 Å². The summed E-state index contributed by atoms with van der Waals surface area (Å²) in [7, 11) is 0. The zero-order valence-electron chi connectivity index (χ0n) is 12.4. The van der Waals surface area contributed by atoms with Gasteiger partial charge in [0.1, 0.15) is 5.76 Å². The van der Waals surface area contributed by atoms with Crippen LogP contribution >= 0.6 is 11.8 Å². The van der Waals surface area contributed by atoms with Gasteiger partial charge in [-0.1, -0.05) is 36.4 Å². The Bertz CT molecular complexity index is 916. The van der Waals surface area contributed by atoms with Gasteiger partial charge in [0.15, 0.2) is 0 Å². The summed E-state index contributed by atoms with van der Waals surface area (Å²) in [6, 6.07) is 19.9. The molecule has 2 aromatic heterocycles. The Morgan fingerprint density at radius 3 is 2.17 bits per heavy atom. The van der Waals surface area contributed by atoms with E-state index < -0.39 is 0 Å². The summed E-state index contributed by atoms with van der Waals surface area (Å²) >= 11 is 1.57. The Morgan fingerprint density at radius 2 is 1.57 bits per heavy atom. The minimum Gasteiger partial charge on any atom is -0.468 e. The molecular formula is C19H15NO2S. The van der Waals surface area contributed by atoms with Crippen LogP contribution in [0, 0.1) is 0 Å². The summed E-state index contributed by atoms with van der Waals surface area (Å²) in [5.41, 5.74) is 1.94. The number of furan rings is 1. The van der Waals surface area contributed by atoms with Gasteiger partial charge in [0.05, 0.1) is 28.8 Å². The van der Waals surface area contributed by atoms with Gasteiger partial charge in [-0.2, -0.15) is 0 Å². The van der Waals surface area contributed by atoms with Crippen LogP contribution in [0.25, 0.3) is 21.8 Å². The molecular weight excluding hydrogens is 306 g/mol. The second-order valence-corrected chi connectivity index (χ2v) is 6.32. The minimum absolute atomic E-state index is 0.0963. The molecule has 3 nitrogen and oxygen atoms in total. The van der Waals surface area contributed by atoms with E-state index in [4.69, 9.17) is 4.42 Å². The van der Waals surface area contributed by atoms with Crippen molar-refractivity contribution in [2.45, 2.75) is 5.75 Å². The number of benzene rings is 2. The van der Waals surface area contributed by atoms with Crippen LogP contribution in [0.1, 0.15) is 10.6 Å². The number of aromatic nitrogens is 1. The third-order valence-electron chi connectivity index (χ3n) is 3.88. The molecule has 2 heterocycles. The predicted molar refractivity (Wildman–Crippen MR) is 94.9 cm³/mol. The zero-order chi connectivity index (χ0) is 15.6. The standard InChI is InChI=1S/C19H15NO2S/c21-19(13-23-12-14-6-5-11-22-14)20-17-9-3-1-7-15(17)16-8-2-4-10-18(16)20/h1-11H,12-13H2. The highest BCUT2D eigenvalue weighted by atomic mass is 32.2. The van der Waals surface area contributed by atoms with E-state index in [9.17, 15) is 4.79 Å². The molecule has 0 radical (unpaired) electrons. The first-order chi connectivity index (χ1) is 11.3. The van der Waals surface area contributed by atoms with Gasteiger partial charge in [-0.15, -0.1) is 11.8 Å². The van der Waals surface area contributed by atoms with Crippen molar-refractivity contribution in [3.63, 3.8) is 0 Å². The van der Waals surface area contributed by atoms with Crippen molar-refractivity contribution >= 4 is 39.5 Å². The minimum atomic E-state index is 0.0963. The van der Waals surface area contributed by atoms with Crippen LogP contribution in [-0.4, -0.2) is 16.2 Å². The largest absolute Gasteiger partial charge is 0.468 e. The molecule has 0 unspecified atom stereocenters. The summed E-state index contributed by atoms with van der Waals surface area (Å²) in [4.78, 5) is 12.8. The van der Waals surface area contributed by atoms with Crippen molar-refractivity contribution in [1.82, 2.24) is 4.57 Å². The highest BCUT2D eigenvalue weighted by Crippen LogP contribution is 2.29. The highest BCUT2D eigenvalue weighted by molar-refractivity contribution is 7.99. The summed E-state index contributed by atoms with van der Waals surface area (Å²) < 4.78 is 7.14. The molecule has 23 heavy (non-hydrogen) atoms. The van der Waals surface area contributed by atoms with E-state index in [0.29, 0.717) is 11.5 Å². The molecule has 2 aromatic carbocycles. The van der Waals surface area contributed by atoms with Gasteiger partial charge < -0.3 is 4.42 Å². The summed E-state index contributed by atoms with van der Waals surface area (Å²) in [6.45, 7) is 0. The predicted octanol–water partition coefficient (Wildman–Crippen LogP) is 4.96. The maximum absolute atomic E-state index is 12.8. The Labute approximate surface area is 137 Å². The van der Waals surface area contributed by atoms with E-state index in [0.717, 1.165) is 27.6 Å². The molecule has 4 aromatic rings. The number of nitrogens with zero attached hydrogens (tertiary/aromatic N) is 1. The molecule has 0 aliphatic heterocycles. The van der Waals surface area contributed by atoms with Crippen LogP contribution in [0.4, 0.5) is 0 Å². The lowest BCUT2D eigenvalue weighted by molar-refractivity contribution is 0.0951. The molecule has 0 aliphatic carbocycles. The lowest BCUT2D eigenvalue weighted by atomic mass is 10.2. The van der Waals surface area contributed by atoms with E-state index in [2.05, 4.69) is 12.1 Å². The van der Waals surface area contributed by atoms with Crippen molar-refractivity contribution in [3.05, 3.63) is 72.7 Å². The van der Waals surface area contributed by atoms with E-state index >= 15 is 0 Å². The quantitative estimate of drug-likeness (QED) is 0.533. The van der Waals surface area contributed by atoms with Gasteiger partial charge in [0, 0.05) is 10.8 Å². The molecule has 4 heteroatoms. The summed E-state index contributed by atoms with van der Waals surface area (Å²) in [5.74, 6) is 2.11. The van der Waals surface area contributed by atoms with E-state index in [1.54, 1.807) is 18.0 Å². The van der Waals surface area contributed by atoms with Gasteiger partial charge in [-0.3, -0.25) is 9.36 Å². The number of fused-ring (bicyclic) bond motifs is 3. The SMILES string of the molecule is O=C(CSCc1ccco1)n1c2ccccc2c2ccccc21. The van der Waals surface area contributed by atoms with Crippen molar-refractivity contribution in [2.75, 3.05) is 5.75 Å². The maximum Gasteiger partial charge on any atom is 0.241 e. The molecule has 0 saturated carbocycles. The molecule has 0 atom stereocenters. The Hall–Kier alpha value is -2.46. The Morgan fingerprint density at radius 1 is 0.913 bits per heavy atom. The number of hydrogen-bond acceptors (Lipinski definition) is 3. The lowest BCUT2D eigenvalue weighted by Crippen LogP contribution is -2.12. The third kappa shape index (κ3) is 2.55. The number of rotatable bonds is 4. The Balaban J connectivity index is 1.67. The second kappa shape index (κ2) is 5.97. The average Bonchev–Trinajstić information content (AvgIpc) is 3.20. The van der Waals surface area contributed by atoms with Crippen molar-refractivity contribution in [2.24, 2.45) is 0 Å². The van der Waals surface area contributed by atoms with Crippen LogP contribution in [0.2, 0.25) is 0 Å². The number of thioether (sulfide) groups is 1. The first-order valence-corrected chi connectivity index (χ1v) is 8.61. The Kier molecular flexibility index (Phi) is 3.67. The molecule has 0 saturated heterocycles. The van der Waals surface area contributed by atoms with E-state index in [-0.39, 0.29) is 5.91 Å². The molecule has 0 bridgehead atoms. The van der Waals surface area contributed by atoms with Crippen LogP contribution in [-0.2, 0) is 5.75 Å². The molecule has 0 fully saturated rings. The van der Waals surface area contributed by atoms with E-state index in [1.165, 1.54) is 0 Å². The van der Waals surface area contributed by atoms with Gasteiger partial charge >= 0.3 is 0 Å². The van der Waals surface area contributed by atoms with Crippen LogP contribution < -0.4 is 0 Å². The van der Waals surface area contributed by atoms with Gasteiger partial charge in [-0.05, 0) is 24.3 Å². The molecule has 0 aliphatic rings. The normalized spacial score (nSPS) is 11.3. The topological polar surface area (TPSA) is 35.1 Å².